The first-order valence-electron chi connectivity index (χ1n) is 9.43. The quantitative estimate of drug-likeness (QED) is 0.215. The summed E-state index contributed by atoms with van der Waals surface area (Å²) in [7, 11) is 0. The number of thiazole rings is 1. The van der Waals surface area contributed by atoms with E-state index in [1.807, 2.05) is 61.5 Å². The second-order valence-electron chi connectivity index (χ2n) is 6.26. The Labute approximate surface area is 189 Å². The number of halogens is 1. The lowest BCUT2D eigenvalue weighted by atomic mass is 10.2. The molecule has 7 heteroatoms. The van der Waals surface area contributed by atoms with Crippen molar-refractivity contribution in [1.82, 2.24) is 4.98 Å². The highest BCUT2D eigenvalue weighted by atomic mass is 127. The van der Waals surface area contributed by atoms with Gasteiger partial charge in [-0.1, -0.05) is 35.6 Å². The lowest BCUT2D eigenvalue weighted by Gasteiger charge is -2.04. The molecule has 0 aliphatic rings. The molecule has 0 spiro atoms. The van der Waals surface area contributed by atoms with Gasteiger partial charge in [-0.25, -0.2) is 4.98 Å². The van der Waals surface area contributed by atoms with Crippen molar-refractivity contribution in [3.05, 3.63) is 85.5 Å². The van der Waals surface area contributed by atoms with Crippen LogP contribution in [0, 0.1) is 7.14 Å². The van der Waals surface area contributed by atoms with Gasteiger partial charge in [0.15, 0.2) is 19.1 Å². The van der Waals surface area contributed by atoms with Gasteiger partial charge >= 0.3 is 21.2 Å². The molecule has 5 nitrogen and oxygen atoms in total. The van der Waals surface area contributed by atoms with Crippen LogP contribution < -0.4 is 31.3 Å². The van der Waals surface area contributed by atoms with Gasteiger partial charge in [-0.2, -0.15) is 0 Å². The first-order chi connectivity index (χ1) is 14.7. The zero-order valence-electron chi connectivity index (χ0n) is 16.3. The molecule has 30 heavy (non-hydrogen) atoms. The van der Waals surface area contributed by atoms with Gasteiger partial charge in [0.1, 0.15) is 5.75 Å². The first-order valence-corrected chi connectivity index (χ1v) is 12.4. The van der Waals surface area contributed by atoms with Crippen LogP contribution in [-0.2, 0) is 4.74 Å². The van der Waals surface area contributed by atoms with E-state index < -0.39 is 0 Å². The molecule has 0 saturated heterocycles. The summed E-state index contributed by atoms with van der Waals surface area (Å²) in [6, 6.07) is 23.8. The number of hydrogen-bond donors (Lipinski definition) is 1. The fraction of sp³-hybridized carbons (Fsp3) is 0.130. The summed E-state index contributed by atoms with van der Waals surface area (Å²) >= 11 is 1.10. The molecule has 1 aromatic heterocycles. The van der Waals surface area contributed by atoms with Gasteiger partial charge < -0.3 is 9.47 Å². The van der Waals surface area contributed by atoms with Gasteiger partial charge in [-0.15, -0.1) is 0 Å². The van der Waals surface area contributed by atoms with E-state index in [-0.39, 0.29) is 33.9 Å². The summed E-state index contributed by atoms with van der Waals surface area (Å²) < 4.78 is 14.2. The molecule has 0 fully saturated rings. The molecule has 0 unspecified atom stereocenters. The van der Waals surface area contributed by atoms with Crippen molar-refractivity contribution in [2.45, 2.75) is 6.92 Å². The van der Waals surface area contributed by atoms with Gasteiger partial charge in [0.05, 0.1) is 10.2 Å². The molecule has 0 radical (unpaired) electrons. The third kappa shape index (κ3) is 5.35. The fourth-order valence-corrected chi connectivity index (χ4v) is 5.96. The molecule has 1 amide bonds. The normalized spacial score (nSPS) is 10.8. The van der Waals surface area contributed by atoms with E-state index in [2.05, 4.69) is 28.5 Å². The third-order valence-corrected chi connectivity index (χ3v) is 7.70. The average molecular weight is 531 g/mol. The number of nitrogens with one attached hydrogen (secondary N) is 1. The van der Waals surface area contributed by atoms with Crippen molar-refractivity contribution in [1.29, 1.82) is 0 Å². The number of aromatic nitrogens is 1. The topological polar surface area (TPSA) is 60.5 Å². The lowest BCUT2D eigenvalue weighted by Crippen LogP contribution is -3.61. The molecule has 0 saturated carbocycles. The highest BCUT2D eigenvalue weighted by Crippen LogP contribution is 2.29. The standard InChI is InChI=1S/C23H19IN2O3S/c1-2-28-15-29-19-11-12-20-21(14-19)30-23(25-20)26-22(27)16-7-6-10-18(13-16)24-17-8-4-3-5-9-17/h3-14H,2,15H2,1H3/p+1. The number of fused-ring (bicyclic) bond motifs is 1. The van der Waals surface area contributed by atoms with Gasteiger partial charge in [0.25, 0.3) is 5.91 Å². The number of benzene rings is 3. The molecule has 1 N–H and O–H groups in total. The van der Waals surface area contributed by atoms with Crippen molar-refractivity contribution in [3.8, 4) is 5.75 Å². The van der Waals surface area contributed by atoms with Crippen LogP contribution in [0.4, 0.5) is 5.13 Å². The average Bonchev–Trinajstić information content (AvgIpc) is 3.16. The van der Waals surface area contributed by atoms with E-state index >= 15 is 0 Å². The van der Waals surface area contributed by atoms with Gasteiger partial charge in [-0.05, 0) is 49.4 Å². The van der Waals surface area contributed by atoms with E-state index in [0.29, 0.717) is 17.3 Å². The Kier molecular flexibility index (Phi) is 6.93. The summed E-state index contributed by atoms with van der Waals surface area (Å²) in [5.41, 5.74) is 1.46. The SMILES string of the molecule is CCOCOc1ccc2nc(NC(=O)c3cccc([I+]c4ccccc4)c3)sc2c1. The maximum Gasteiger partial charge on any atom is 0.357 e. The number of ether oxygens (including phenoxy) is 2. The molecule has 0 atom stereocenters. The highest BCUT2D eigenvalue weighted by molar-refractivity contribution is 7.22. The second-order valence-corrected chi connectivity index (χ2v) is 10.3. The summed E-state index contributed by atoms with van der Waals surface area (Å²) in [5.74, 6) is 0.566. The fourth-order valence-electron chi connectivity index (χ4n) is 2.70. The summed E-state index contributed by atoms with van der Waals surface area (Å²) in [6.07, 6.45) is 0. The van der Waals surface area contributed by atoms with Crippen LogP contribution in [0.2, 0.25) is 0 Å². The van der Waals surface area contributed by atoms with E-state index in [1.165, 1.54) is 18.5 Å². The number of carbonyl (C=O) groups is 1. The molecule has 0 aliphatic carbocycles. The third-order valence-electron chi connectivity index (χ3n) is 4.13. The predicted molar refractivity (Wildman–Crippen MR) is 115 cm³/mol. The molecular formula is C23H20IN2O3S+. The minimum atomic E-state index is -0.319. The minimum absolute atomic E-state index is 0.152. The van der Waals surface area contributed by atoms with Gasteiger partial charge in [0, 0.05) is 18.2 Å². The minimum Gasteiger partial charge on any atom is -0.468 e. The van der Waals surface area contributed by atoms with Crippen LogP contribution in [0.1, 0.15) is 17.3 Å². The smallest absolute Gasteiger partial charge is 0.357 e. The number of anilines is 1. The lowest BCUT2D eigenvalue weighted by molar-refractivity contribution is -0.597. The van der Waals surface area contributed by atoms with Gasteiger partial charge in [-0.3, -0.25) is 10.1 Å². The number of nitrogens with zero attached hydrogens (tertiary/aromatic N) is 1. The Morgan fingerprint density at radius 3 is 2.70 bits per heavy atom. The van der Waals surface area contributed by atoms with E-state index in [1.54, 1.807) is 0 Å². The summed E-state index contributed by atoms with van der Waals surface area (Å²) in [6.45, 7) is 2.74. The molecular weight excluding hydrogens is 511 g/mol. The van der Waals surface area contributed by atoms with Crippen molar-refractivity contribution in [3.63, 3.8) is 0 Å². The highest BCUT2D eigenvalue weighted by Gasteiger charge is 2.18. The number of hydrogen-bond acceptors (Lipinski definition) is 5. The molecule has 4 aromatic rings. The Hall–Kier alpha value is -2.49. The molecule has 4 rings (SSSR count). The number of rotatable bonds is 8. The van der Waals surface area contributed by atoms with Gasteiger partial charge in [0.2, 0.25) is 0 Å². The maximum atomic E-state index is 12.8. The predicted octanol–water partition coefficient (Wildman–Crippen LogP) is 2.05. The molecule has 152 valence electrons. The number of amides is 1. The van der Waals surface area contributed by atoms with Crippen LogP contribution in [0.25, 0.3) is 10.2 Å². The van der Waals surface area contributed by atoms with Crippen LogP contribution in [-0.4, -0.2) is 24.3 Å². The molecule has 1 heterocycles. The van der Waals surface area contributed by atoms with Crippen molar-refractivity contribution >= 4 is 32.6 Å². The van der Waals surface area contributed by atoms with E-state index in [0.717, 1.165) is 16.0 Å². The maximum absolute atomic E-state index is 12.8. The number of carbonyl (C=O) groups excluding carboxylic acids is 1. The zero-order chi connectivity index (χ0) is 20.8. The van der Waals surface area contributed by atoms with Crippen molar-refractivity contribution in [2.24, 2.45) is 0 Å². The van der Waals surface area contributed by atoms with Crippen molar-refractivity contribution < 1.29 is 35.5 Å². The van der Waals surface area contributed by atoms with Crippen LogP contribution in [0.3, 0.4) is 0 Å². The Morgan fingerprint density at radius 1 is 1.03 bits per heavy atom. The first kappa shape index (κ1) is 20.8. The Bertz CT molecular complexity index is 1150. The van der Waals surface area contributed by atoms with Crippen LogP contribution in [0.5, 0.6) is 5.75 Å². The largest absolute Gasteiger partial charge is 0.468 e. The zero-order valence-corrected chi connectivity index (χ0v) is 19.3. The molecule has 0 bridgehead atoms. The summed E-state index contributed by atoms with van der Waals surface area (Å²) in [4.78, 5) is 17.3. The Morgan fingerprint density at radius 2 is 1.87 bits per heavy atom. The molecule has 0 aliphatic heterocycles. The van der Waals surface area contributed by atoms with Crippen molar-refractivity contribution in [2.75, 3.05) is 18.7 Å². The van der Waals surface area contributed by atoms with E-state index in [9.17, 15) is 4.79 Å². The monoisotopic (exact) mass is 531 g/mol. The Balaban J connectivity index is 1.45. The molecule has 3 aromatic carbocycles. The van der Waals surface area contributed by atoms with E-state index in [4.69, 9.17) is 9.47 Å². The van der Waals surface area contributed by atoms with Crippen LogP contribution in [0.15, 0.2) is 72.8 Å². The van der Waals surface area contributed by atoms with Crippen LogP contribution >= 0.6 is 11.3 Å². The second kappa shape index (κ2) is 10.0. The summed E-state index contributed by atoms with van der Waals surface area (Å²) in [5, 5.41) is 3.50.